The van der Waals surface area contributed by atoms with Crippen LogP contribution in [0.1, 0.15) is 36.5 Å². The number of ether oxygens (including phenoxy) is 2. The molecule has 2 aliphatic rings. The van der Waals surface area contributed by atoms with Gasteiger partial charge in [0.05, 0.1) is 30.4 Å². The molecule has 2 N–H and O–H groups in total. The first-order valence-electron chi connectivity index (χ1n) is 9.62. The Morgan fingerprint density at radius 3 is 2.76 bits per heavy atom. The zero-order valence-corrected chi connectivity index (χ0v) is 17.6. The fourth-order valence-electron chi connectivity index (χ4n) is 3.78. The second-order valence-electron chi connectivity index (χ2n) is 7.41. The molecule has 1 aromatic rings. The first-order valence-corrected chi connectivity index (χ1v) is 11.5. The minimum Gasteiger partial charge on any atom is -0.490 e. The number of nitrogens with zero attached hydrogens (tertiary/aromatic N) is 1. The maximum atomic E-state index is 13.1. The fourth-order valence-corrected chi connectivity index (χ4v) is 4.34. The molecule has 1 fully saturated rings. The number of amides is 2. The molecule has 9 nitrogen and oxygen atoms in total. The molecule has 3 rings (SSSR count). The number of carbonyl (C=O) groups is 2. The predicted octanol–water partition coefficient (Wildman–Crippen LogP) is 0.965. The lowest BCUT2D eigenvalue weighted by Crippen LogP contribution is -2.53. The van der Waals surface area contributed by atoms with E-state index in [1.54, 1.807) is 24.1 Å². The normalized spacial score (nSPS) is 24.4. The molecule has 160 valence electrons. The van der Waals surface area contributed by atoms with Gasteiger partial charge in [-0.3, -0.25) is 14.3 Å². The van der Waals surface area contributed by atoms with Crippen LogP contribution in [0.15, 0.2) is 18.2 Å². The molecule has 0 aliphatic carbocycles. The lowest BCUT2D eigenvalue weighted by Gasteiger charge is -2.42. The van der Waals surface area contributed by atoms with E-state index < -0.39 is 10.0 Å². The Hall–Kier alpha value is -2.33. The number of benzene rings is 1. The molecular formula is C19H27N3O6S. The minimum absolute atomic E-state index is 0.0524. The van der Waals surface area contributed by atoms with E-state index >= 15 is 0 Å². The van der Waals surface area contributed by atoms with Crippen molar-refractivity contribution >= 4 is 27.5 Å². The van der Waals surface area contributed by atoms with Crippen molar-refractivity contribution in [2.75, 3.05) is 31.2 Å². The number of hydrogen-bond acceptors (Lipinski definition) is 6. The molecule has 1 aromatic carbocycles. The molecule has 1 saturated heterocycles. The van der Waals surface area contributed by atoms with Gasteiger partial charge in [0.2, 0.25) is 15.9 Å². The number of nitrogens with one attached hydrogen (secondary N) is 2. The number of carbonyl (C=O) groups excluding carboxylic acids is 2. The second kappa shape index (κ2) is 8.58. The third kappa shape index (κ3) is 5.18. The average molecular weight is 426 g/mol. The van der Waals surface area contributed by atoms with Gasteiger partial charge in [0.15, 0.2) is 0 Å². The van der Waals surface area contributed by atoms with Crippen molar-refractivity contribution in [2.45, 2.75) is 44.4 Å². The summed E-state index contributed by atoms with van der Waals surface area (Å²) < 4.78 is 37.3. The predicted molar refractivity (Wildman–Crippen MR) is 107 cm³/mol. The summed E-state index contributed by atoms with van der Waals surface area (Å²) in [7, 11) is -1.75. The number of sulfonamides is 1. The number of anilines is 1. The smallest absolute Gasteiger partial charge is 0.257 e. The Labute approximate surface area is 170 Å². The van der Waals surface area contributed by atoms with Gasteiger partial charge in [-0.2, -0.15) is 0 Å². The molecule has 0 bridgehead atoms. The van der Waals surface area contributed by atoms with Gasteiger partial charge in [-0.05, 0) is 38.0 Å². The lowest BCUT2D eigenvalue weighted by atomic mass is 9.94. The van der Waals surface area contributed by atoms with Crippen molar-refractivity contribution in [3.63, 3.8) is 0 Å². The molecule has 0 aromatic heterocycles. The topological polar surface area (TPSA) is 114 Å². The van der Waals surface area contributed by atoms with E-state index in [0.717, 1.165) is 6.26 Å². The minimum atomic E-state index is -3.46. The van der Waals surface area contributed by atoms with Crippen molar-refractivity contribution in [2.24, 2.45) is 0 Å². The highest BCUT2D eigenvalue weighted by atomic mass is 32.2. The van der Waals surface area contributed by atoms with Crippen LogP contribution in [0.25, 0.3) is 0 Å². The maximum Gasteiger partial charge on any atom is 0.257 e. The summed E-state index contributed by atoms with van der Waals surface area (Å²) in [6, 6.07) is 4.42. The number of likely N-dealkylation sites (N-methyl/N-ethyl adjacent to an activating group) is 1. The second-order valence-corrected chi connectivity index (χ2v) is 9.16. The van der Waals surface area contributed by atoms with E-state index in [0.29, 0.717) is 36.4 Å². The van der Waals surface area contributed by atoms with Gasteiger partial charge in [-0.1, -0.05) is 0 Å². The molecule has 0 saturated carbocycles. The van der Waals surface area contributed by atoms with Crippen molar-refractivity contribution in [1.82, 2.24) is 10.2 Å². The summed E-state index contributed by atoms with van der Waals surface area (Å²) in [6.07, 6.45) is 2.13. The van der Waals surface area contributed by atoms with Crippen molar-refractivity contribution in [3.05, 3.63) is 23.8 Å². The van der Waals surface area contributed by atoms with Gasteiger partial charge in [0.25, 0.3) is 5.91 Å². The van der Waals surface area contributed by atoms with Crippen molar-refractivity contribution < 1.29 is 27.5 Å². The summed E-state index contributed by atoms with van der Waals surface area (Å²) in [6.45, 7) is 2.68. The average Bonchev–Trinajstić information content (AvgIpc) is 2.64. The van der Waals surface area contributed by atoms with E-state index in [1.165, 1.54) is 6.07 Å². The molecule has 0 radical (unpaired) electrons. The van der Waals surface area contributed by atoms with Gasteiger partial charge >= 0.3 is 0 Å². The Morgan fingerprint density at radius 1 is 1.31 bits per heavy atom. The van der Waals surface area contributed by atoms with Gasteiger partial charge in [-0.15, -0.1) is 0 Å². The first kappa shape index (κ1) is 21.4. The monoisotopic (exact) mass is 425 g/mol. The molecule has 0 unspecified atom stereocenters. The van der Waals surface area contributed by atoms with E-state index in [9.17, 15) is 18.0 Å². The zero-order chi connectivity index (χ0) is 21.2. The van der Waals surface area contributed by atoms with E-state index in [1.807, 2.05) is 6.92 Å². The van der Waals surface area contributed by atoms with Gasteiger partial charge in [-0.25, -0.2) is 8.42 Å². The summed E-state index contributed by atoms with van der Waals surface area (Å²) >= 11 is 0. The maximum absolute atomic E-state index is 13.1. The molecule has 2 aliphatic heterocycles. The Kier molecular flexibility index (Phi) is 6.33. The largest absolute Gasteiger partial charge is 0.490 e. The summed E-state index contributed by atoms with van der Waals surface area (Å²) in [5.41, 5.74) is 0.597. The molecule has 2 amide bonds. The molecule has 0 spiro atoms. The molecule has 10 heteroatoms. The first-order chi connectivity index (χ1) is 13.7. The fraction of sp³-hybridized carbons (Fsp3) is 0.579. The molecule has 3 atom stereocenters. The standard InChI is InChI=1S/C19H27N3O6S/c1-4-20-18(23)10-13-6-7-15-17(28-13)11-27-16-8-5-12(21-29(3,25)26)9-14(16)19(24)22(15)2/h5,8-9,13,15,17,21H,4,6-7,10-11H2,1-3H3,(H,20,23)/t13-,15+,17-/m0/s1. The summed E-state index contributed by atoms with van der Waals surface area (Å²) in [4.78, 5) is 26.5. The van der Waals surface area contributed by atoms with Crippen LogP contribution in [-0.2, 0) is 19.6 Å². The highest BCUT2D eigenvalue weighted by Gasteiger charge is 2.39. The van der Waals surface area contributed by atoms with Crippen LogP contribution in [0.4, 0.5) is 5.69 Å². The highest BCUT2D eigenvalue weighted by Crippen LogP contribution is 2.32. The van der Waals surface area contributed by atoms with Crippen LogP contribution < -0.4 is 14.8 Å². The van der Waals surface area contributed by atoms with Crippen LogP contribution in [0.3, 0.4) is 0 Å². The van der Waals surface area contributed by atoms with Gasteiger partial charge < -0.3 is 19.7 Å². The Morgan fingerprint density at radius 2 is 2.07 bits per heavy atom. The van der Waals surface area contributed by atoms with Crippen LogP contribution in [-0.4, -0.2) is 69.8 Å². The number of fused-ring (bicyclic) bond motifs is 2. The molecule has 2 heterocycles. The molecule has 29 heavy (non-hydrogen) atoms. The van der Waals surface area contributed by atoms with Gasteiger partial charge in [0.1, 0.15) is 18.5 Å². The SMILES string of the molecule is CCNC(=O)C[C@@H]1CC[C@@H]2[C@H](COc3ccc(NS(C)(=O)=O)cc3C(=O)N2C)O1. The summed E-state index contributed by atoms with van der Waals surface area (Å²) in [5.74, 6) is 0.0508. The van der Waals surface area contributed by atoms with Crippen LogP contribution in [0, 0.1) is 0 Å². The Balaban J connectivity index is 1.79. The van der Waals surface area contributed by atoms with E-state index in [4.69, 9.17) is 9.47 Å². The quantitative estimate of drug-likeness (QED) is 0.727. The Bertz CT molecular complexity index is 888. The lowest BCUT2D eigenvalue weighted by molar-refractivity contribution is -0.133. The third-order valence-electron chi connectivity index (χ3n) is 5.10. The summed E-state index contributed by atoms with van der Waals surface area (Å²) in [5, 5.41) is 2.77. The van der Waals surface area contributed by atoms with Crippen molar-refractivity contribution in [3.8, 4) is 5.75 Å². The molecular weight excluding hydrogens is 398 g/mol. The van der Waals surface area contributed by atoms with E-state index in [-0.39, 0.29) is 43.1 Å². The van der Waals surface area contributed by atoms with Crippen LogP contribution in [0.5, 0.6) is 5.75 Å². The van der Waals surface area contributed by atoms with E-state index in [2.05, 4.69) is 10.0 Å². The van der Waals surface area contributed by atoms with Crippen molar-refractivity contribution in [1.29, 1.82) is 0 Å². The number of hydrogen-bond donors (Lipinski definition) is 2. The van der Waals surface area contributed by atoms with Crippen LogP contribution in [0.2, 0.25) is 0 Å². The zero-order valence-electron chi connectivity index (χ0n) is 16.8. The third-order valence-corrected chi connectivity index (χ3v) is 5.71. The highest BCUT2D eigenvalue weighted by molar-refractivity contribution is 7.92. The van der Waals surface area contributed by atoms with Crippen LogP contribution >= 0.6 is 0 Å². The number of rotatable bonds is 5. The van der Waals surface area contributed by atoms with Gasteiger partial charge in [0, 0.05) is 19.3 Å².